The zero-order chi connectivity index (χ0) is 12.4. The standard InChI is InChI=1S/C18H19N/c1-4-12-10-19-11-13-5-2-7-15(13)17-9-3-8-16(18(17)19)14(12)6-1/h1-3,6-9,12-15H,4-5,10-11H2. The molecule has 4 unspecified atom stereocenters. The Hall–Kier alpha value is -1.50. The van der Waals surface area contributed by atoms with E-state index in [1.165, 1.54) is 25.9 Å². The number of benzene rings is 1. The Bertz CT molecular complexity index is 549. The quantitative estimate of drug-likeness (QED) is 0.631. The van der Waals surface area contributed by atoms with Crippen LogP contribution in [-0.2, 0) is 0 Å². The molecular weight excluding hydrogens is 230 g/mol. The number of nitrogens with zero attached hydrogens (tertiary/aromatic N) is 1. The second-order valence-corrected chi connectivity index (χ2v) is 6.59. The molecule has 0 saturated carbocycles. The molecule has 4 atom stereocenters. The molecule has 2 aliphatic carbocycles. The van der Waals surface area contributed by atoms with Crippen molar-refractivity contribution in [1.29, 1.82) is 0 Å². The molecule has 0 N–H and O–H groups in total. The number of fused-ring (bicyclic) bond motifs is 4. The Morgan fingerprint density at radius 3 is 2.00 bits per heavy atom. The van der Waals surface area contributed by atoms with Gasteiger partial charge in [-0.2, -0.15) is 0 Å². The first-order valence-corrected chi connectivity index (χ1v) is 7.63. The Morgan fingerprint density at radius 2 is 1.42 bits per heavy atom. The maximum absolute atomic E-state index is 2.70. The third-order valence-electron chi connectivity index (χ3n) is 5.62. The van der Waals surface area contributed by atoms with Crippen LogP contribution in [0.25, 0.3) is 0 Å². The van der Waals surface area contributed by atoms with E-state index in [-0.39, 0.29) is 0 Å². The molecule has 0 aromatic heterocycles. The van der Waals surface area contributed by atoms with Gasteiger partial charge in [0, 0.05) is 30.6 Å². The van der Waals surface area contributed by atoms with Gasteiger partial charge in [-0.15, -0.1) is 0 Å². The summed E-state index contributed by atoms with van der Waals surface area (Å²) in [6.07, 6.45) is 12.2. The third-order valence-corrected chi connectivity index (χ3v) is 5.62. The van der Waals surface area contributed by atoms with E-state index in [0.29, 0.717) is 11.8 Å². The van der Waals surface area contributed by atoms with E-state index in [2.05, 4.69) is 47.4 Å². The summed E-state index contributed by atoms with van der Waals surface area (Å²) >= 11 is 0. The van der Waals surface area contributed by atoms with E-state index >= 15 is 0 Å². The highest BCUT2D eigenvalue weighted by atomic mass is 15.2. The molecule has 0 fully saturated rings. The highest BCUT2D eigenvalue weighted by Crippen LogP contribution is 2.52. The van der Waals surface area contributed by atoms with Crippen LogP contribution in [0.2, 0.25) is 0 Å². The Labute approximate surface area is 114 Å². The van der Waals surface area contributed by atoms with Crippen molar-refractivity contribution < 1.29 is 0 Å². The lowest BCUT2D eigenvalue weighted by atomic mass is 9.75. The molecule has 1 nitrogen and oxygen atoms in total. The molecule has 1 heteroatoms. The van der Waals surface area contributed by atoms with Gasteiger partial charge in [0.2, 0.25) is 0 Å². The monoisotopic (exact) mass is 249 g/mol. The van der Waals surface area contributed by atoms with E-state index in [1.54, 1.807) is 16.8 Å². The number of para-hydroxylation sites is 1. The van der Waals surface area contributed by atoms with E-state index in [1.807, 2.05) is 0 Å². The van der Waals surface area contributed by atoms with Crippen molar-refractivity contribution in [2.24, 2.45) is 11.8 Å². The fourth-order valence-electron chi connectivity index (χ4n) is 4.81. The van der Waals surface area contributed by atoms with Crippen molar-refractivity contribution in [2.75, 3.05) is 18.0 Å². The average Bonchev–Trinajstić information content (AvgIpc) is 3.07. The van der Waals surface area contributed by atoms with Crippen LogP contribution in [0, 0.1) is 11.8 Å². The maximum Gasteiger partial charge on any atom is 0.0443 e. The van der Waals surface area contributed by atoms with Crippen molar-refractivity contribution in [3.05, 3.63) is 53.6 Å². The molecule has 0 spiro atoms. The Kier molecular flexibility index (Phi) is 1.92. The first-order chi connectivity index (χ1) is 9.42. The van der Waals surface area contributed by atoms with Gasteiger partial charge in [-0.25, -0.2) is 0 Å². The minimum Gasteiger partial charge on any atom is -0.370 e. The first-order valence-electron chi connectivity index (χ1n) is 7.63. The van der Waals surface area contributed by atoms with Crippen LogP contribution < -0.4 is 4.90 Å². The summed E-state index contributed by atoms with van der Waals surface area (Å²) in [5.41, 5.74) is 4.78. The van der Waals surface area contributed by atoms with Gasteiger partial charge in [-0.05, 0) is 35.8 Å². The van der Waals surface area contributed by atoms with Gasteiger partial charge in [0.25, 0.3) is 0 Å². The lowest BCUT2D eigenvalue weighted by molar-refractivity contribution is 0.410. The van der Waals surface area contributed by atoms with Crippen LogP contribution in [0.1, 0.15) is 35.8 Å². The van der Waals surface area contributed by atoms with Crippen molar-refractivity contribution in [3.8, 4) is 0 Å². The van der Waals surface area contributed by atoms with Crippen LogP contribution in [-0.4, -0.2) is 13.1 Å². The largest absolute Gasteiger partial charge is 0.370 e. The SMILES string of the molecule is C1=CC2c3cccc4c3N(CC2C1)CC1CC=CC41. The van der Waals surface area contributed by atoms with Crippen LogP contribution >= 0.6 is 0 Å². The van der Waals surface area contributed by atoms with E-state index in [0.717, 1.165) is 11.8 Å². The molecule has 5 rings (SSSR count). The summed E-state index contributed by atoms with van der Waals surface area (Å²) < 4.78 is 0. The molecule has 19 heavy (non-hydrogen) atoms. The topological polar surface area (TPSA) is 3.24 Å². The summed E-state index contributed by atoms with van der Waals surface area (Å²) in [5.74, 6) is 3.03. The van der Waals surface area contributed by atoms with Crippen molar-refractivity contribution in [3.63, 3.8) is 0 Å². The van der Waals surface area contributed by atoms with Gasteiger partial charge in [0.1, 0.15) is 0 Å². The Balaban J connectivity index is 1.73. The number of allylic oxidation sites excluding steroid dienone is 4. The predicted octanol–water partition coefficient (Wildman–Crippen LogP) is 3.84. The fraction of sp³-hybridized carbons (Fsp3) is 0.444. The predicted molar refractivity (Wildman–Crippen MR) is 78.6 cm³/mol. The molecule has 96 valence electrons. The van der Waals surface area contributed by atoms with Gasteiger partial charge in [0.05, 0.1) is 0 Å². The molecule has 1 aromatic rings. The second-order valence-electron chi connectivity index (χ2n) is 6.59. The van der Waals surface area contributed by atoms with Gasteiger partial charge >= 0.3 is 0 Å². The van der Waals surface area contributed by atoms with Gasteiger partial charge < -0.3 is 4.90 Å². The highest BCUT2D eigenvalue weighted by molar-refractivity contribution is 5.68. The van der Waals surface area contributed by atoms with E-state index in [4.69, 9.17) is 0 Å². The number of hydrogen-bond acceptors (Lipinski definition) is 1. The molecule has 2 heterocycles. The van der Waals surface area contributed by atoms with Crippen molar-refractivity contribution >= 4 is 5.69 Å². The van der Waals surface area contributed by atoms with Crippen LogP contribution in [0.5, 0.6) is 0 Å². The average molecular weight is 249 g/mol. The Morgan fingerprint density at radius 1 is 0.842 bits per heavy atom. The van der Waals surface area contributed by atoms with E-state index in [9.17, 15) is 0 Å². The molecule has 4 aliphatic rings. The minimum absolute atomic E-state index is 0.688. The van der Waals surface area contributed by atoms with Gasteiger partial charge in [-0.3, -0.25) is 0 Å². The number of hydrogen-bond donors (Lipinski definition) is 0. The van der Waals surface area contributed by atoms with Crippen LogP contribution in [0.3, 0.4) is 0 Å². The molecule has 0 saturated heterocycles. The lowest BCUT2D eigenvalue weighted by Gasteiger charge is -2.46. The smallest absolute Gasteiger partial charge is 0.0443 e. The fourth-order valence-corrected chi connectivity index (χ4v) is 4.81. The molecule has 0 radical (unpaired) electrons. The summed E-state index contributed by atoms with van der Waals surface area (Å²) in [7, 11) is 0. The first kappa shape index (κ1) is 10.3. The van der Waals surface area contributed by atoms with Crippen molar-refractivity contribution in [1.82, 2.24) is 0 Å². The van der Waals surface area contributed by atoms with Crippen LogP contribution in [0.4, 0.5) is 5.69 Å². The molecule has 2 aliphatic heterocycles. The number of anilines is 1. The van der Waals surface area contributed by atoms with Gasteiger partial charge in [0.15, 0.2) is 0 Å². The normalized spacial score (nSPS) is 37.2. The molecular formula is C18H19N. The van der Waals surface area contributed by atoms with Gasteiger partial charge in [-0.1, -0.05) is 42.5 Å². The maximum atomic E-state index is 2.70. The van der Waals surface area contributed by atoms with E-state index < -0.39 is 0 Å². The third kappa shape index (κ3) is 1.26. The molecule has 1 aromatic carbocycles. The summed E-state index contributed by atoms with van der Waals surface area (Å²) in [6, 6.07) is 7.03. The summed E-state index contributed by atoms with van der Waals surface area (Å²) in [6.45, 7) is 2.54. The number of rotatable bonds is 0. The zero-order valence-electron chi connectivity index (χ0n) is 11.1. The summed E-state index contributed by atoms with van der Waals surface area (Å²) in [4.78, 5) is 2.70. The highest BCUT2D eigenvalue weighted by Gasteiger charge is 2.41. The lowest BCUT2D eigenvalue weighted by Crippen LogP contribution is -2.43. The zero-order valence-corrected chi connectivity index (χ0v) is 11.1. The summed E-state index contributed by atoms with van der Waals surface area (Å²) in [5, 5.41) is 0. The minimum atomic E-state index is 0.688. The molecule has 0 bridgehead atoms. The molecule has 0 amide bonds. The second kappa shape index (κ2) is 3.53. The van der Waals surface area contributed by atoms with Crippen molar-refractivity contribution in [2.45, 2.75) is 24.7 Å². The van der Waals surface area contributed by atoms with Crippen LogP contribution in [0.15, 0.2) is 42.5 Å².